The van der Waals surface area contributed by atoms with Crippen molar-refractivity contribution in [1.29, 1.82) is 0 Å². The summed E-state index contributed by atoms with van der Waals surface area (Å²) in [6.45, 7) is 0.776. The Balaban J connectivity index is 1.71. The molecule has 1 N–H and O–H groups in total. The first kappa shape index (κ1) is 16.0. The Labute approximate surface area is 135 Å². The summed E-state index contributed by atoms with van der Waals surface area (Å²) >= 11 is 0. The first-order valence-corrected chi connectivity index (χ1v) is 7.77. The highest BCUT2D eigenvalue weighted by molar-refractivity contribution is 5.55. The number of benzene rings is 1. The number of ether oxygens (including phenoxy) is 3. The molecule has 3 rings (SSSR count). The molecule has 0 amide bonds. The summed E-state index contributed by atoms with van der Waals surface area (Å²) in [5.41, 5.74) is 1.31. The molecule has 1 aromatic heterocycles. The number of aliphatic hydroxyl groups is 1. The molecule has 2 aromatic rings. The molecule has 0 radical (unpaired) electrons. The fourth-order valence-corrected chi connectivity index (χ4v) is 2.49. The van der Waals surface area contributed by atoms with Gasteiger partial charge in [0.05, 0.1) is 13.7 Å². The van der Waals surface area contributed by atoms with Gasteiger partial charge in [-0.25, -0.2) is 4.98 Å². The van der Waals surface area contributed by atoms with Gasteiger partial charge >= 0.3 is 0 Å². The van der Waals surface area contributed by atoms with Gasteiger partial charge in [0.1, 0.15) is 18.1 Å². The largest absolute Gasteiger partial charge is 0.497 e. The first-order chi connectivity index (χ1) is 11.3. The van der Waals surface area contributed by atoms with Gasteiger partial charge in [-0.3, -0.25) is 0 Å². The Kier molecular flexibility index (Phi) is 5.27. The smallest absolute Gasteiger partial charge is 0.226 e. The average molecular weight is 319 g/mol. The number of rotatable bonds is 6. The summed E-state index contributed by atoms with van der Waals surface area (Å²) in [6.07, 6.45) is 2.86. The van der Waals surface area contributed by atoms with E-state index < -0.39 is 0 Å². The van der Waals surface area contributed by atoms with E-state index in [1.807, 2.05) is 24.3 Å². The van der Waals surface area contributed by atoms with Crippen molar-refractivity contribution in [2.24, 2.45) is 0 Å². The number of aromatic nitrogens is 1. The Morgan fingerprint density at radius 3 is 2.74 bits per heavy atom. The van der Waals surface area contributed by atoms with E-state index in [4.69, 9.17) is 18.6 Å². The summed E-state index contributed by atoms with van der Waals surface area (Å²) in [7, 11) is 1.62. The van der Waals surface area contributed by atoms with Crippen molar-refractivity contribution in [3.8, 4) is 17.2 Å². The summed E-state index contributed by atoms with van der Waals surface area (Å²) in [5, 5.41) is 9.47. The fourth-order valence-electron chi connectivity index (χ4n) is 2.49. The predicted octanol–water partition coefficient (Wildman–Crippen LogP) is 2.89. The quantitative estimate of drug-likeness (QED) is 0.882. The molecular formula is C17H21NO5. The molecule has 23 heavy (non-hydrogen) atoms. The molecule has 1 atom stereocenters. The van der Waals surface area contributed by atoms with E-state index in [0.29, 0.717) is 17.3 Å². The van der Waals surface area contributed by atoms with E-state index >= 15 is 0 Å². The molecule has 0 aliphatic carbocycles. The molecule has 0 bridgehead atoms. The summed E-state index contributed by atoms with van der Waals surface area (Å²) in [6, 6.07) is 7.40. The monoisotopic (exact) mass is 319 g/mol. The molecule has 124 valence electrons. The van der Waals surface area contributed by atoms with Crippen molar-refractivity contribution >= 4 is 0 Å². The van der Waals surface area contributed by atoms with Gasteiger partial charge in [0, 0.05) is 12.2 Å². The van der Waals surface area contributed by atoms with Gasteiger partial charge in [0.2, 0.25) is 5.89 Å². The second-order valence-corrected chi connectivity index (χ2v) is 5.38. The molecule has 2 heterocycles. The summed E-state index contributed by atoms with van der Waals surface area (Å²) < 4.78 is 22.1. The molecule has 6 heteroatoms. The SMILES string of the molecule is COc1ccc(-c2nc(CO)c(COC3CCCCO3)o2)cc1. The molecule has 1 aliphatic heterocycles. The number of methoxy groups -OCH3 is 1. The van der Waals surface area contributed by atoms with Crippen molar-refractivity contribution in [3.63, 3.8) is 0 Å². The van der Waals surface area contributed by atoms with Crippen LogP contribution >= 0.6 is 0 Å². The lowest BCUT2D eigenvalue weighted by atomic mass is 10.2. The van der Waals surface area contributed by atoms with E-state index in [1.54, 1.807) is 7.11 Å². The molecule has 1 saturated heterocycles. The van der Waals surface area contributed by atoms with Crippen LogP contribution in [0.25, 0.3) is 11.5 Å². The van der Waals surface area contributed by atoms with Crippen molar-refractivity contribution in [3.05, 3.63) is 35.7 Å². The highest BCUT2D eigenvalue weighted by Gasteiger charge is 2.18. The maximum absolute atomic E-state index is 9.47. The molecule has 0 spiro atoms. The van der Waals surface area contributed by atoms with Crippen molar-refractivity contribution < 1.29 is 23.7 Å². The predicted molar refractivity (Wildman–Crippen MR) is 82.8 cm³/mol. The summed E-state index contributed by atoms with van der Waals surface area (Å²) in [4.78, 5) is 4.34. The van der Waals surface area contributed by atoms with Gasteiger partial charge in [-0.1, -0.05) is 0 Å². The Bertz CT molecular complexity index is 616. The minimum absolute atomic E-state index is 0.191. The maximum atomic E-state index is 9.47. The van der Waals surface area contributed by atoms with E-state index in [2.05, 4.69) is 4.98 Å². The van der Waals surface area contributed by atoms with Crippen molar-refractivity contribution in [2.75, 3.05) is 13.7 Å². The highest BCUT2D eigenvalue weighted by Crippen LogP contribution is 2.25. The second-order valence-electron chi connectivity index (χ2n) is 5.38. The third kappa shape index (κ3) is 3.90. The van der Waals surface area contributed by atoms with Gasteiger partial charge < -0.3 is 23.7 Å². The Morgan fingerprint density at radius 2 is 2.09 bits per heavy atom. The van der Waals surface area contributed by atoms with Crippen LogP contribution in [0.4, 0.5) is 0 Å². The molecule has 0 saturated carbocycles. The maximum Gasteiger partial charge on any atom is 0.226 e. The molecule has 1 aliphatic rings. The zero-order chi connectivity index (χ0) is 16.1. The minimum Gasteiger partial charge on any atom is -0.497 e. The lowest BCUT2D eigenvalue weighted by Gasteiger charge is -2.22. The number of aliphatic hydroxyl groups excluding tert-OH is 1. The Morgan fingerprint density at radius 1 is 1.26 bits per heavy atom. The van der Waals surface area contributed by atoms with Gasteiger partial charge in [-0.05, 0) is 43.5 Å². The number of nitrogens with zero attached hydrogens (tertiary/aromatic N) is 1. The van der Waals surface area contributed by atoms with Crippen molar-refractivity contribution in [2.45, 2.75) is 38.8 Å². The van der Waals surface area contributed by atoms with Crippen LogP contribution in [0.2, 0.25) is 0 Å². The van der Waals surface area contributed by atoms with Gasteiger partial charge in [-0.15, -0.1) is 0 Å². The van der Waals surface area contributed by atoms with Crippen LogP contribution in [0.3, 0.4) is 0 Å². The molecular weight excluding hydrogens is 298 g/mol. The zero-order valence-electron chi connectivity index (χ0n) is 13.2. The van der Waals surface area contributed by atoms with Gasteiger partial charge in [0.15, 0.2) is 12.1 Å². The summed E-state index contributed by atoms with van der Waals surface area (Å²) in [5.74, 6) is 1.76. The van der Waals surface area contributed by atoms with Gasteiger partial charge in [0.25, 0.3) is 0 Å². The lowest BCUT2D eigenvalue weighted by Crippen LogP contribution is -2.22. The Hall–Kier alpha value is -1.89. The van der Waals surface area contributed by atoms with Crippen LogP contribution in [0.1, 0.15) is 30.7 Å². The number of hydrogen-bond donors (Lipinski definition) is 1. The van der Waals surface area contributed by atoms with Crippen LogP contribution < -0.4 is 4.74 Å². The first-order valence-electron chi connectivity index (χ1n) is 7.77. The fraction of sp³-hybridized carbons (Fsp3) is 0.471. The third-order valence-corrected chi connectivity index (χ3v) is 3.80. The highest BCUT2D eigenvalue weighted by atomic mass is 16.7. The normalized spacial score (nSPS) is 18.1. The standard InChI is InChI=1S/C17H21NO5/c1-20-13-7-5-12(6-8-13)17-18-14(10-19)15(23-17)11-22-16-4-2-3-9-21-16/h5-8,16,19H,2-4,9-11H2,1H3. The van der Waals surface area contributed by atoms with Crippen LogP contribution in [0.15, 0.2) is 28.7 Å². The van der Waals surface area contributed by atoms with Crippen LogP contribution in [0, 0.1) is 0 Å². The van der Waals surface area contributed by atoms with E-state index in [9.17, 15) is 5.11 Å². The molecule has 1 aromatic carbocycles. The van der Waals surface area contributed by atoms with E-state index in [0.717, 1.165) is 37.2 Å². The van der Waals surface area contributed by atoms with E-state index in [-0.39, 0.29) is 19.5 Å². The molecule has 1 fully saturated rings. The molecule has 1 unspecified atom stereocenters. The van der Waals surface area contributed by atoms with Gasteiger partial charge in [-0.2, -0.15) is 0 Å². The van der Waals surface area contributed by atoms with Crippen LogP contribution in [0.5, 0.6) is 5.75 Å². The number of oxazole rings is 1. The van der Waals surface area contributed by atoms with Crippen LogP contribution in [-0.2, 0) is 22.7 Å². The van der Waals surface area contributed by atoms with E-state index in [1.165, 1.54) is 0 Å². The van der Waals surface area contributed by atoms with Crippen LogP contribution in [-0.4, -0.2) is 30.1 Å². The number of hydrogen-bond acceptors (Lipinski definition) is 6. The topological polar surface area (TPSA) is 74.0 Å². The second kappa shape index (κ2) is 7.59. The van der Waals surface area contributed by atoms with Crippen molar-refractivity contribution in [1.82, 2.24) is 4.98 Å². The average Bonchev–Trinajstić information content (AvgIpc) is 3.04. The third-order valence-electron chi connectivity index (χ3n) is 3.80. The minimum atomic E-state index is -0.204. The lowest BCUT2D eigenvalue weighted by molar-refractivity contribution is -0.171. The molecule has 6 nitrogen and oxygen atoms in total. The zero-order valence-corrected chi connectivity index (χ0v) is 13.2.